The summed E-state index contributed by atoms with van der Waals surface area (Å²) in [6.07, 6.45) is 0. The standard InChI is InChI=1S/C15H12Cl2N2OS/c1-8-5-13(14(20-2)7-10(8)17)19-12-4-3-9(16)6-11(12)18-15(19)21/h3-7H,1-2H3,(H,18,21). The van der Waals surface area contributed by atoms with Crippen LogP contribution in [0.15, 0.2) is 30.3 Å². The predicted octanol–water partition coefficient (Wildman–Crippen LogP) is 5.31. The molecule has 1 heterocycles. The van der Waals surface area contributed by atoms with E-state index < -0.39 is 0 Å². The number of aromatic nitrogens is 2. The summed E-state index contributed by atoms with van der Waals surface area (Å²) in [6.45, 7) is 1.95. The van der Waals surface area contributed by atoms with E-state index in [1.54, 1.807) is 13.2 Å². The van der Waals surface area contributed by atoms with Gasteiger partial charge in [-0.1, -0.05) is 23.2 Å². The van der Waals surface area contributed by atoms with E-state index in [9.17, 15) is 0 Å². The van der Waals surface area contributed by atoms with Crippen molar-refractivity contribution in [2.45, 2.75) is 6.92 Å². The summed E-state index contributed by atoms with van der Waals surface area (Å²) >= 11 is 17.6. The first-order valence-electron chi connectivity index (χ1n) is 6.26. The van der Waals surface area contributed by atoms with E-state index in [-0.39, 0.29) is 0 Å². The van der Waals surface area contributed by atoms with E-state index in [0.717, 1.165) is 22.3 Å². The lowest BCUT2D eigenvalue weighted by molar-refractivity contribution is 0.413. The van der Waals surface area contributed by atoms with Gasteiger partial charge >= 0.3 is 0 Å². The number of ether oxygens (including phenoxy) is 1. The van der Waals surface area contributed by atoms with E-state index in [1.165, 1.54) is 0 Å². The second kappa shape index (κ2) is 5.37. The molecule has 0 atom stereocenters. The second-order valence-electron chi connectivity index (χ2n) is 4.70. The van der Waals surface area contributed by atoms with E-state index >= 15 is 0 Å². The van der Waals surface area contributed by atoms with Crippen LogP contribution in [0.4, 0.5) is 0 Å². The number of imidazole rings is 1. The van der Waals surface area contributed by atoms with E-state index in [1.807, 2.05) is 35.8 Å². The van der Waals surface area contributed by atoms with Crippen molar-refractivity contribution in [2.75, 3.05) is 7.11 Å². The number of aryl methyl sites for hydroxylation is 1. The smallest absolute Gasteiger partial charge is 0.182 e. The Kier molecular flexibility index (Phi) is 3.69. The van der Waals surface area contributed by atoms with E-state index in [4.69, 9.17) is 40.2 Å². The van der Waals surface area contributed by atoms with Gasteiger partial charge in [0.25, 0.3) is 0 Å². The molecule has 1 N–H and O–H groups in total. The van der Waals surface area contributed by atoms with Crippen molar-refractivity contribution >= 4 is 46.5 Å². The molecule has 0 aliphatic rings. The van der Waals surface area contributed by atoms with Crippen molar-refractivity contribution in [3.05, 3.63) is 50.7 Å². The summed E-state index contributed by atoms with van der Waals surface area (Å²) in [6, 6.07) is 9.35. The normalized spacial score (nSPS) is 11.0. The number of methoxy groups -OCH3 is 1. The molecule has 0 aliphatic heterocycles. The Labute approximate surface area is 137 Å². The van der Waals surface area contributed by atoms with Gasteiger partial charge in [0.1, 0.15) is 5.75 Å². The highest BCUT2D eigenvalue weighted by Gasteiger charge is 2.13. The molecule has 3 nitrogen and oxygen atoms in total. The number of rotatable bonds is 2. The maximum atomic E-state index is 6.16. The van der Waals surface area contributed by atoms with Gasteiger partial charge in [-0.3, -0.25) is 4.57 Å². The molecule has 3 aromatic rings. The van der Waals surface area contributed by atoms with Crippen molar-refractivity contribution in [1.82, 2.24) is 9.55 Å². The summed E-state index contributed by atoms with van der Waals surface area (Å²) < 4.78 is 7.94. The molecule has 6 heteroatoms. The summed E-state index contributed by atoms with van der Waals surface area (Å²) in [4.78, 5) is 3.16. The minimum Gasteiger partial charge on any atom is -0.495 e. The van der Waals surface area contributed by atoms with Gasteiger partial charge in [-0.15, -0.1) is 0 Å². The Bertz CT molecular complexity index is 899. The van der Waals surface area contributed by atoms with Crippen molar-refractivity contribution in [1.29, 1.82) is 0 Å². The molecule has 1 aromatic heterocycles. The molecule has 0 saturated heterocycles. The summed E-state index contributed by atoms with van der Waals surface area (Å²) in [5.74, 6) is 0.664. The molecule has 0 unspecified atom stereocenters. The number of nitrogens with zero attached hydrogens (tertiary/aromatic N) is 1. The molecule has 21 heavy (non-hydrogen) atoms. The Morgan fingerprint density at radius 1 is 1.19 bits per heavy atom. The minimum absolute atomic E-state index is 0.576. The van der Waals surface area contributed by atoms with Crippen molar-refractivity contribution in [2.24, 2.45) is 0 Å². The monoisotopic (exact) mass is 338 g/mol. The largest absolute Gasteiger partial charge is 0.495 e. The Morgan fingerprint density at radius 2 is 1.95 bits per heavy atom. The third-order valence-corrected chi connectivity index (χ3v) is 4.27. The van der Waals surface area contributed by atoms with Crippen LogP contribution in [0.1, 0.15) is 5.56 Å². The van der Waals surface area contributed by atoms with Crippen LogP contribution in [0.25, 0.3) is 16.7 Å². The Balaban J connectivity index is 2.38. The van der Waals surface area contributed by atoms with Crippen LogP contribution < -0.4 is 4.74 Å². The zero-order chi connectivity index (χ0) is 15.1. The van der Waals surface area contributed by atoms with Crippen molar-refractivity contribution in [3.63, 3.8) is 0 Å². The highest BCUT2D eigenvalue weighted by molar-refractivity contribution is 7.71. The molecule has 0 radical (unpaired) electrons. The Hall–Kier alpha value is -1.49. The zero-order valence-corrected chi connectivity index (χ0v) is 13.7. The van der Waals surface area contributed by atoms with Gasteiger partial charge < -0.3 is 9.72 Å². The van der Waals surface area contributed by atoms with Gasteiger partial charge in [0.15, 0.2) is 4.77 Å². The minimum atomic E-state index is 0.576. The number of halogens is 2. The molecule has 0 bridgehead atoms. The number of hydrogen-bond donors (Lipinski definition) is 1. The predicted molar refractivity (Wildman–Crippen MR) is 89.8 cm³/mol. The van der Waals surface area contributed by atoms with E-state index in [0.29, 0.717) is 20.6 Å². The van der Waals surface area contributed by atoms with Gasteiger partial charge in [-0.25, -0.2) is 0 Å². The number of nitrogens with one attached hydrogen (secondary N) is 1. The number of aromatic amines is 1. The van der Waals surface area contributed by atoms with Crippen LogP contribution >= 0.6 is 35.4 Å². The number of H-pyrrole nitrogens is 1. The van der Waals surface area contributed by atoms with Crippen LogP contribution in [-0.4, -0.2) is 16.7 Å². The second-order valence-corrected chi connectivity index (χ2v) is 5.93. The van der Waals surface area contributed by atoms with Crippen LogP contribution in [0, 0.1) is 11.7 Å². The van der Waals surface area contributed by atoms with Crippen molar-refractivity contribution < 1.29 is 4.74 Å². The van der Waals surface area contributed by atoms with E-state index in [2.05, 4.69) is 4.98 Å². The van der Waals surface area contributed by atoms with Crippen LogP contribution in [0.5, 0.6) is 5.75 Å². The Morgan fingerprint density at radius 3 is 2.67 bits per heavy atom. The molecule has 0 spiro atoms. The summed E-state index contributed by atoms with van der Waals surface area (Å²) in [5.41, 5.74) is 3.61. The first kappa shape index (κ1) is 14.4. The number of fused-ring (bicyclic) bond motifs is 1. The lowest BCUT2D eigenvalue weighted by Gasteiger charge is -2.12. The fraction of sp³-hybridized carbons (Fsp3) is 0.133. The van der Waals surface area contributed by atoms with Gasteiger partial charge in [0.05, 0.1) is 23.8 Å². The van der Waals surface area contributed by atoms with Gasteiger partial charge in [0.2, 0.25) is 0 Å². The molecule has 0 saturated carbocycles. The SMILES string of the molecule is COc1cc(Cl)c(C)cc1-n1c(=S)[nH]c2cc(Cl)ccc21. The first-order valence-corrected chi connectivity index (χ1v) is 7.42. The highest BCUT2D eigenvalue weighted by atomic mass is 35.5. The fourth-order valence-electron chi connectivity index (χ4n) is 2.31. The first-order chi connectivity index (χ1) is 10.0. The maximum Gasteiger partial charge on any atom is 0.182 e. The van der Waals surface area contributed by atoms with Crippen LogP contribution in [-0.2, 0) is 0 Å². The quantitative estimate of drug-likeness (QED) is 0.641. The third-order valence-electron chi connectivity index (χ3n) is 3.35. The third kappa shape index (κ3) is 2.44. The average molecular weight is 339 g/mol. The van der Waals surface area contributed by atoms with Crippen LogP contribution in [0.3, 0.4) is 0 Å². The molecular weight excluding hydrogens is 327 g/mol. The fourth-order valence-corrected chi connectivity index (χ4v) is 2.94. The number of hydrogen-bond acceptors (Lipinski definition) is 2. The topological polar surface area (TPSA) is 29.9 Å². The number of benzene rings is 2. The summed E-state index contributed by atoms with van der Waals surface area (Å²) in [5, 5.41) is 1.31. The zero-order valence-electron chi connectivity index (χ0n) is 11.4. The lowest BCUT2D eigenvalue weighted by Crippen LogP contribution is -1.99. The summed E-state index contributed by atoms with van der Waals surface area (Å²) in [7, 11) is 1.61. The molecule has 0 aliphatic carbocycles. The molecule has 3 rings (SSSR count). The molecule has 2 aromatic carbocycles. The molecule has 108 valence electrons. The highest BCUT2D eigenvalue weighted by Crippen LogP contribution is 2.32. The van der Waals surface area contributed by atoms with Gasteiger partial charge in [0, 0.05) is 16.1 Å². The lowest BCUT2D eigenvalue weighted by atomic mass is 10.2. The van der Waals surface area contributed by atoms with Crippen LogP contribution in [0.2, 0.25) is 10.0 Å². The molecule has 0 fully saturated rings. The molecule has 0 amide bonds. The van der Waals surface area contributed by atoms with Gasteiger partial charge in [-0.05, 0) is 49.0 Å². The maximum absolute atomic E-state index is 6.16. The average Bonchev–Trinajstić information content (AvgIpc) is 2.76. The van der Waals surface area contributed by atoms with Gasteiger partial charge in [-0.2, -0.15) is 0 Å². The van der Waals surface area contributed by atoms with Crippen molar-refractivity contribution in [3.8, 4) is 11.4 Å². The molecular formula is C15H12Cl2N2OS.